The number of para-hydroxylation sites is 2. The second-order valence-corrected chi connectivity index (χ2v) is 6.43. The summed E-state index contributed by atoms with van der Waals surface area (Å²) in [5.74, 6) is -0.0369. The van der Waals surface area contributed by atoms with Crippen LogP contribution in [0, 0.1) is 19.8 Å². The summed E-state index contributed by atoms with van der Waals surface area (Å²) in [4.78, 5) is 26.7. The number of carbonyl (C=O) groups excluding carboxylic acids is 2. The standard InChI is InChI=1S/C21H23NO4/c1-4-25-18-10-5-6-11-19(18)26-21(24)16-12-20(23)22(13-16)17-9-7-8-14(2)15(17)3/h5-11,16H,4,12-13H2,1-3H3. The summed E-state index contributed by atoms with van der Waals surface area (Å²) in [5.41, 5.74) is 3.03. The third kappa shape index (κ3) is 3.57. The summed E-state index contributed by atoms with van der Waals surface area (Å²) in [5, 5.41) is 0. The van der Waals surface area contributed by atoms with Crippen molar-refractivity contribution in [3.8, 4) is 11.5 Å². The van der Waals surface area contributed by atoms with Crippen LogP contribution in [0.3, 0.4) is 0 Å². The Morgan fingerprint density at radius 1 is 1.12 bits per heavy atom. The zero-order chi connectivity index (χ0) is 18.7. The Morgan fingerprint density at radius 2 is 1.85 bits per heavy atom. The van der Waals surface area contributed by atoms with Gasteiger partial charge >= 0.3 is 5.97 Å². The van der Waals surface area contributed by atoms with Crippen molar-refractivity contribution in [3.63, 3.8) is 0 Å². The van der Waals surface area contributed by atoms with Crippen molar-refractivity contribution in [2.45, 2.75) is 27.2 Å². The predicted octanol–water partition coefficient (Wildman–Crippen LogP) is 3.66. The normalized spacial score (nSPS) is 16.7. The number of benzene rings is 2. The maximum atomic E-state index is 12.6. The third-order valence-corrected chi connectivity index (χ3v) is 4.68. The number of esters is 1. The molecule has 1 fully saturated rings. The van der Waals surface area contributed by atoms with Gasteiger partial charge in [-0.1, -0.05) is 24.3 Å². The van der Waals surface area contributed by atoms with Gasteiger partial charge in [-0.15, -0.1) is 0 Å². The Labute approximate surface area is 153 Å². The van der Waals surface area contributed by atoms with Crippen molar-refractivity contribution in [3.05, 3.63) is 53.6 Å². The number of anilines is 1. The molecule has 1 unspecified atom stereocenters. The first kappa shape index (κ1) is 18.0. The first-order valence-electron chi connectivity index (χ1n) is 8.81. The third-order valence-electron chi connectivity index (χ3n) is 4.68. The Balaban J connectivity index is 1.74. The maximum Gasteiger partial charge on any atom is 0.316 e. The topological polar surface area (TPSA) is 55.8 Å². The Morgan fingerprint density at radius 3 is 2.58 bits per heavy atom. The van der Waals surface area contributed by atoms with Crippen molar-refractivity contribution in [2.24, 2.45) is 5.92 Å². The van der Waals surface area contributed by atoms with Crippen LogP contribution >= 0.6 is 0 Å². The minimum Gasteiger partial charge on any atom is -0.490 e. The minimum atomic E-state index is -0.489. The maximum absolute atomic E-state index is 12.6. The summed E-state index contributed by atoms with van der Waals surface area (Å²) in [6, 6.07) is 12.9. The number of amides is 1. The summed E-state index contributed by atoms with van der Waals surface area (Å²) in [6.07, 6.45) is 0.156. The first-order valence-corrected chi connectivity index (χ1v) is 8.81. The number of hydrogen-bond donors (Lipinski definition) is 0. The lowest BCUT2D eigenvalue weighted by Gasteiger charge is -2.20. The van der Waals surface area contributed by atoms with E-state index in [2.05, 4.69) is 0 Å². The van der Waals surface area contributed by atoms with Gasteiger partial charge in [0.25, 0.3) is 0 Å². The number of hydrogen-bond acceptors (Lipinski definition) is 4. The molecule has 0 spiro atoms. The van der Waals surface area contributed by atoms with Gasteiger partial charge in [0.05, 0.1) is 12.5 Å². The average Bonchev–Trinajstić information content (AvgIpc) is 3.01. The van der Waals surface area contributed by atoms with E-state index in [1.807, 2.05) is 45.0 Å². The molecule has 2 aromatic rings. The van der Waals surface area contributed by atoms with Gasteiger partial charge in [0, 0.05) is 18.7 Å². The highest BCUT2D eigenvalue weighted by atomic mass is 16.6. The number of aryl methyl sites for hydroxylation is 1. The van der Waals surface area contributed by atoms with Crippen LogP contribution < -0.4 is 14.4 Å². The lowest BCUT2D eigenvalue weighted by atomic mass is 10.1. The molecule has 0 aromatic heterocycles. The number of ether oxygens (including phenoxy) is 2. The fraction of sp³-hybridized carbons (Fsp3) is 0.333. The molecule has 0 bridgehead atoms. The van der Waals surface area contributed by atoms with E-state index in [0.717, 1.165) is 16.8 Å². The molecule has 1 aliphatic rings. The highest BCUT2D eigenvalue weighted by Gasteiger charge is 2.37. The Bertz CT molecular complexity index is 831. The summed E-state index contributed by atoms with van der Waals surface area (Å²) < 4.78 is 11.0. The predicted molar refractivity (Wildman–Crippen MR) is 99.6 cm³/mol. The molecule has 0 aliphatic carbocycles. The highest BCUT2D eigenvalue weighted by molar-refractivity contribution is 6.00. The van der Waals surface area contributed by atoms with Crippen LogP contribution in [0.2, 0.25) is 0 Å². The van der Waals surface area contributed by atoms with E-state index in [1.54, 1.807) is 23.1 Å². The van der Waals surface area contributed by atoms with E-state index in [9.17, 15) is 9.59 Å². The van der Waals surface area contributed by atoms with Crippen molar-refractivity contribution in [1.82, 2.24) is 0 Å². The molecular weight excluding hydrogens is 330 g/mol. The molecule has 2 aromatic carbocycles. The van der Waals surface area contributed by atoms with Crippen LogP contribution in [-0.4, -0.2) is 25.0 Å². The van der Waals surface area contributed by atoms with Gasteiger partial charge in [0.1, 0.15) is 0 Å². The van der Waals surface area contributed by atoms with Crippen molar-refractivity contribution < 1.29 is 19.1 Å². The largest absolute Gasteiger partial charge is 0.490 e. The molecule has 26 heavy (non-hydrogen) atoms. The quantitative estimate of drug-likeness (QED) is 0.608. The van der Waals surface area contributed by atoms with E-state index in [-0.39, 0.29) is 12.3 Å². The van der Waals surface area contributed by atoms with Gasteiger partial charge in [0.2, 0.25) is 5.91 Å². The van der Waals surface area contributed by atoms with Crippen LogP contribution in [0.5, 0.6) is 11.5 Å². The molecule has 5 nitrogen and oxygen atoms in total. The summed E-state index contributed by atoms with van der Waals surface area (Å²) in [6.45, 7) is 6.68. The number of carbonyl (C=O) groups is 2. The average molecular weight is 353 g/mol. The summed E-state index contributed by atoms with van der Waals surface area (Å²) >= 11 is 0. The molecule has 1 atom stereocenters. The van der Waals surface area contributed by atoms with Crippen molar-refractivity contribution >= 4 is 17.6 Å². The molecule has 0 radical (unpaired) electrons. The fourth-order valence-corrected chi connectivity index (χ4v) is 3.13. The van der Waals surface area contributed by atoms with Gasteiger partial charge in [0.15, 0.2) is 11.5 Å². The van der Waals surface area contributed by atoms with Gasteiger partial charge in [-0.2, -0.15) is 0 Å². The molecule has 1 aliphatic heterocycles. The number of nitrogens with zero attached hydrogens (tertiary/aromatic N) is 1. The van der Waals surface area contributed by atoms with E-state index < -0.39 is 11.9 Å². The molecule has 136 valence electrons. The smallest absolute Gasteiger partial charge is 0.316 e. The fourth-order valence-electron chi connectivity index (χ4n) is 3.13. The lowest BCUT2D eigenvalue weighted by Crippen LogP contribution is -2.28. The Kier molecular flexibility index (Phi) is 5.26. The zero-order valence-electron chi connectivity index (χ0n) is 15.3. The van der Waals surface area contributed by atoms with Crippen LogP contribution in [0.4, 0.5) is 5.69 Å². The van der Waals surface area contributed by atoms with E-state index in [1.165, 1.54) is 0 Å². The molecule has 5 heteroatoms. The molecule has 0 N–H and O–H groups in total. The van der Waals surface area contributed by atoms with E-state index >= 15 is 0 Å². The Hall–Kier alpha value is -2.82. The lowest BCUT2D eigenvalue weighted by molar-refractivity contribution is -0.139. The molecule has 1 amide bonds. The summed E-state index contributed by atoms with van der Waals surface area (Å²) in [7, 11) is 0. The SMILES string of the molecule is CCOc1ccccc1OC(=O)C1CC(=O)N(c2cccc(C)c2C)C1. The molecule has 1 heterocycles. The molecule has 3 rings (SSSR count). The van der Waals surface area contributed by atoms with Crippen LogP contribution in [0.25, 0.3) is 0 Å². The second-order valence-electron chi connectivity index (χ2n) is 6.43. The highest BCUT2D eigenvalue weighted by Crippen LogP contribution is 2.32. The van der Waals surface area contributed by atoms with Gasteiger partial charge in [-0.25, -0.2) is 0 Å². The number of rotatable bonds is 5. The van der Waals surface area contributed by atoms with Gasteiger partial charge < -0.3 is 14.4 Å². The zero-order valence-corrected chi connectivity index (χ0v) is 15.3. The van der Waals surface area contributed by atoms with Gasteiger partial charge in [-0.05, 0) is 50.1 Å². The van der Waals surface area contributed by atoms with Crippen molar-refractivity contribution in [2.75, 3.05) is 18.1 Å². The first-order chi connectivity index (χ1) is 12.5. The van der Waals surface area contributed by atoms with Crippen molar-refractivity contribution in [1.29, 1.82) is 0 Å². The monoisotopic (exact) mass is 353 g/mol. The minimum absolute atomic E-state index is 0.0567. The van der Waals surface area contributed by atoms with Crippen LogP contribution in [0.1, 0.15) is 24.5 Å². The van der Waals surface area contributed by atoms with E-state index in [4.69, 9.17) is 9.47 Å². The van der Waals surface area contributed by atoms with Crippen LogP contribution in [0.15, 0.2) is 42.5 Å². The van der Waals surface area contributed by atoms with Crippen LogP contribution in [-0.2, 0) is 9.59 Å². The molecule has 1 saturated heterocycles. The molecular formula is C21H23NO4. The van der Waals surface area contributed by atoms with Gasteiger partial charge in [-0.3, -0.25) is 9.59 Å². The second kappa shape index (κ2) is 7.60. The van der Waals surface area contributed by atoms with E-state index in [0.29, 0.717) is 24.7 Å². The molecule has 0 saturated carbocycles.